The second-order valence-electron chi connectivity index (χ2n) is 20.3. The maximum Gasteiger partial charge on any atom is 0.573 e. The summed E-state index contributed by atoms with van der Waals surface area (Å²) in [6.07, 6.45) is -16.4. The molecule has 0 bridgehead atoms. The molecule has 3 fully saturated rings. The summed E-state index contributed by atoms with van der Waals surface area (Å²) >= 11 is 0. The van der Waals surface area contributed by atoms with Gasteiger partial charge in [0.05, 0.1) is 57.2 Å². The molecule has 1 unspecified atom stereocenters. The van der Waals surface area contributed by atoms with Crippen molar-refractivity contribution in [1.29, 1.82) is 0 Å². The fourth-order valence-corrected chi connectivity index (χ4v) is 8.05. The van der Waals surface area contributed by atoms with Gasteiger partial charge < -0.3 is 59.7 Å². The average Bonchev–Trinajstić information content (AvgIpc) is 3.51. The van der Waals surface area contributed by atoms with Crippen LogP contribution in [-0.2, 0) is 28.6 Å². The molecule has 6 rings (SSSR count). The third-order valence-corrected chi connectivity index (χ3v) is 13.1. The van der Waals surface area contributed by atoms with Crippen LogP contribution in [0.2, 0.25) is 0 Å². The lowest BCUT2D eigenvalue weighted by atomic mass is 9.93. The van der Waals surface area contributed by atoms with Crippen LogP contribution in [-0.4, -0.2) is 126 Å². The molecular formula is C51H57F18N3O12. The molecule has 84 heavy (non-hydrogen) atoms. The number of carbonyl (C=O) groups is 3. The Bertz CT molecular complexity index is 2350. The first-order valence-electron chi connectivity index (χ1n) is 24.8. The third kappa shape index (κ3) is 23.4. The van der Waals surface area contributed by atoms with Crippen molar-refractivity contribution in [2.24, 2.45) is 0 Å². The summed E-state index contributed by atoms with van der Waals surface area (Å²) in [6, 6.07) is 9.23. The zero-order chi connectivity index (χ0) is 63.5. The highest BCUT2D eigenvalue weighted by atomic mass is 19.4. The maximum atomic E-state index is 14.1. The zero-order valence-corrected chi connectivity index (χ0v) is 44.2. The van der Waals surface area contributed by atoms with Gasteiger partial charge >= 0.3 is 38.9 Å². The van der Waals surface area contributed by atoms with E-state index >= 15 is 0 Å². The fourth-order valence-electron chi connectivity index (χ4n) is 8.05. The van der Waals surface area contributed by atoms with Crippen molar-refractivity contribution in [1.82, 2.24) is 16.0 Å². The molecule has 3 aromatic carbocycles. The van der Waals surface area contributed by atoms with E-state index in [2.05, 4.69) is 44.4 Å². The number of aliphatic hydroxyl groups is 3. The Morgan fingerprint density at radius 3 is 0.833 bits per heavy atom. The molecule has 0 spiro atoms. The van der Waals surface area contributed by atoms with Gasteiger partial charge in [0.15, 0.2) is 0 Å². The number of hydrogen-bond donors (Lipinski definition) is 6. The summed E-state index contributed by atoms with van der Waals surface area (Å²) in [7, 11) is 0. The Morgan fingerprint density at radius 2 is 0.655 bits per heavy atom. The summed E-state index contributed by atoms with van der Waals surface area (Å²) < 4.78 is 252. The normalized spacial score (nSPS) is 19.0. The van der Waals surface area contributed by atoms with Crippen LogP contribution in [0.5, 0.6) is 17.2 Å². The van der Waals surface area contributed by atoms with Crippen molar-refractivity contribution < 1.29 is 137 Å². The summed E-state index contributed by atoms with van der Waals surface area (Å²) in [6.45, 7) is -8.41. The molecule has 3 aliphatic carbocycles. The quantitative estimate of drug-likeness (QED) is 0.0395. The van der Waals surface area contributed by atoms with E-state index in [0.717, 1.165) is 57.2 Å². The first-order chi connectivity index (χ1) is 38.4. The molecule has 3 aromatic rings. The molecule has 15 nitrogen and oxygen atoms in total. The van der Waals surface area contributed by atoms with Crippen molar-refractivity contribution >= 4 is 17.7 Å². The third-order valence-electron chi connectivity index (χ3n) is 13.1. The number of ether oxygens (including phenoxy) is 6. The second kappa shape index (κ2) is 28.0. The van der Waals surface area contributed by atoms with Gasteiger partial charge in [-0.1, -0.05) is 36.4 Å². The van der Waals surface area contributed by atoms with Crippen molar-refractivity contribution in [2.45, 2.75) is 169 Å². The molecule has 0 aromatic heterocycles. The maximum absolute atomic E-state index is 14.1. The second-order valence-corrected chi connectivity index (χ2v) is 20.3. The molecule has 3 amide bonds. The lowest BCUT2D eigenvalue weighted by Gasteiger charge is -2.28. The average molecular weight is 1250 g/mol. The Morgan fingerprint density at radius 1 is 0.440 bits per heavy atom. The van der Waals surface area contributed by atoms with Crippen LogP contribution in [0.4, 0.5) is 79.0 Å². The van der Waals surface area contributed by atoms with E-state index in [9.17, 15) is 109 Å². The van der Waals surface area contributed by atoms with E-state index in [4.69, 9.17) is 0 Å². The van der Waals surface area contributed by atoms with Gasteiger partial charge in [0.2, 0.25) is 17.7 Å². The van der Waals surface area contributed by atoms with Gasteiger partial charge in [-0.2, -0.15) is 26.3 Å². The van der Waals surface area contributed by atoms with Crippen molar-refractivity contribution in [2.75, 3.05) is 19.8 Å². The highest BCUT2D eigenvalue weighted by molar-refractivity contribution is 5.79. The highest BCUT2D eigenvalue weighted by Gasteiger charge is 2.60. The number of halogens is 18. The van der Waals surface area contributed by atoms with Crippen LogP contribution >= 0.6 is 0 Å². The Balaban J connectivity index is 0.000000270. The van der Waals surface area contributed by atoms with Crippen molar-refractivity contribution in [3.63, 3.8) is 0 Å². The Kier molecular flexibility index (Phi) is 23.5. The predicted molar refractivity (Wildman–Crippen MR) is 253 cm³/mol. The van der Waals surface area contributed by atoms with E-state index in [1.54, 1.807) is 0 Å². The summed E-state index contributed by atoms with van der Waals surface area (Å²) in [4.78, 5) is 36.5. The monoisotopic (exact) mass is 1250 g/mol. The molecular weight excluding hydrogens is 1190 g/mol. The fraction of sp³-hybridized carbons (Fsp3) is 0.588. The molecule has 3 saturated carbocycles. The number of amides is 3. The van der Waals surface area contributed by atoms with Crippen LogP contribution in [0.1, 0.15) is 113 Å². The smallest absolute Gasteiger partial charge is 0.406 e. The number of hydrogen-bond acceptors (Lipinski definition) is 12. The SMILES string of the molecule is CC(O)(CC(=O)N[C@@H](COC(F)F)c1cccc(OC(F)(F)F)c1)C1(F)CC1.C[C@@](O)(CC(=O)N[C@@H](COC(F)F)c1cccc(OC(F)(F)F)c1)C1(F)CC1.C[C@](O)(CC(=O)N[C@@H](COC(F)F)c1cccc(OC(F)(F)F)c1)C1(F)CC1. The minimum atomic E-state index is -4.96. The van der Waals surface area contributed by atoms with E-state index in [1.807, 2.05) is 0 Å². The van der Waals surface area contributed by atoms with Crippen molar-refractivity contribution in [3.8, 4) is 17.2 Å². The van der Waals surface area contributed by atoms with Crippen molar-refractivity contribution in [3.05, 3.63) is 89.5 Å². The summed E-state index contributed by atoms with van der Waals surface area (Å²) in [5, 5.41) is 37.2. The standard InChI is InChI=1S/3C17H19F6NO4/c3*1-15(26,16(20)5-6-16)8-13(25)24-12(9-27-14(18)19)10-3-2-4-11(7-10)28-17(21,22)23/h3*2-4,7,12,14,26H,5-6,8-9H2,1H3,(H,24,25)/t12-,15?;12-,15+;12-,15-/m000/s1. The van der Waals surface area contributed by atoms with Crippen LogP contribution in [0.15, 0.2) is 72.8 Å². The van der Waals surface area contributed by atoms with E-state index < -0.39 is 165 Å². The largest absolute Gasteiger partial charge is 0.573 e. The molecule has 0 saturated heterocycles. The molecule has 6 N–H and O–H groups in total. The summed E-state index contributed by atoms with van der Waals surface area (Å²) in [5.74, 6) is -4.48. The molecule has 0 heterocycles. The molecule has 0 aliphatic heterocycles. The molecule has 6 atom stereocenters. The van der Waals surface area contributed by atoms with Gasteiger partial charge in [-0.3, -0.25) is 14.4 Å². The molecule has 3 aliphatic rings. The first-order valence-corrected chi connectivity index (χ1v) is 24.8. The van der Waals surface area contributed by atoms with Gasteiger partial charge in [0.1, 0.15) is 51.1 Å². The van der Waals surface area contributed by atoms with Gasteiger partial charge in [-0.15, -0.1) is 39.5 Å². The van der Waals surface area contributed by atoms with Crippen LogP contribution in [0, 0.1) is 0 Å². The van der Waals surface area contributed by atoms with Crippen LogP contribution in [0.3, 0.4) is 0 Å². The number of rotatable bonds is 27. The predicted octanol–water partition coefficient (Wildman–Crippen LogP) is 10.9. The number of carbonyl (C=O) groups excluding carboxylic acids is 3. The molecule has 0 radical (unpaired) electrons. The van der Waals surface area contributed by atoms with Crippen LogP contribution < -0.4 is 30.2 Å². The minimum Gasteiger partial charge on any atom is -0.406 e. The minimum absolute atomic E-state index is 0.00298. The van der Waals surface area contributed by atoms with Gasteiger partial charge in [0, 0.05) is 0 Å². The van der Waals surface area contributed by atoms with Gasteiger partial charge in [0.25, 0.3) is 0 Å². The van der Waals surface area contributed by atoms with E-state index in [0.29, 0.717) is 0 Å². The Hall–Kier alpha value is -6.03. The zero-order valence-electron chi connectivity index (χ0n) is 44.2. The highest BCUT2D eigenvalue weighted by Crippen LogP contribution is 2.52. The number of alkyl halides is 18. The Labute approximate surface area is 466 Å². The lowest BCUT2D eigenvalue weighted by molar-refractivity contribution is -0.275. The van der Waals surface area contributed by atoms with Gasteiger partial charge in [-0.25, -0.2) is 13.2 Å². The first kappa shape index (κ1) is 70.5. The van der Waals surface area contributed by atoms with Gasteiger partial charge in [-0.05, 0) is 112 Å². The summed E-state index contributed by atoms with van der Waals surface area (Å²) in [5.41, 5.74) is -11.6. The topological polar surface area (TPSA) is 203 Å². The lowest BCUT2D eigenvalue weighted by Crippen LogP contribution is -2.44. The van der Waals surface area contributed by atoms with Crippen LogP contribution in [0.25, 0.3) is 0 Å². The number of benzene rings is 3. The molecule has 33 heteroatoms. The van der Waals surface area contributed by atoms with E-state index in [-0.39, 0.29) is 55.2 Å². The molecule has 474 valence electrons. The van der Waals surface area contributed by atoms with E-state index in [1.165, 1.54) is 36.4 Å². The number of nitrogens with one attached hydrogen (secondary N) is 3.